The van der Waals surface area contributed by atoms with Crippen molar-refractivity contribution in [3.8, 4) is 39.4 Å². The van der Waals surface area contributed by atoms with Gasteiger partial charge in [0.25, 0.3) is 0 Å². The van der Waals surface area contributed by atoms with Crippen molar-refractivity contribution in [3.63, 3.8) is 0 Å². The van der Waals surface area contributed by atoms with E-state index in [4.69, 9.17) is 9.40 Å². The standard InChI is InChI=1S/C57H37N3O/c1-3-16-40(17-4-1)57-58-51-27-14-26-47(56(51)61-57)39-31-33-45(34-32-39)59(46-22-13-19-42(36-46)43-30-29-38-15-7-8-18-41(38)35-43)53-37-54-55(49-24-10-9-23-48(49)53)50-25-11-12-28-52(50)60(54)44-20-5-2-6-21-44/h1-37H. The Labute approximate surface area is 352 Å². The third-order valence-corrected chi connectivity index (χ3v) is 12.0. The first-order valence-corrected chi connectivity index (χ1v) is 20.7. The second kappa shape index (κ2) is 14.3. The summed E-state index contributed by atoms with van der Waals surface area (Å²) in [6.07, 6.45) is 0. The largest absolute Gasteiger partial charge is 0.435 e. The van der Waals surface area contributed by atoms with Crippen molar-refractivity contribution < 1.29 is 4.42 Å². The summed E-state index contributed by atoms with van der Waals surface area (Å²) >= 11 is 0. The first kappa shape index (κ1) is 34.8. The number of anilines is 3. The maximum absolute atomic E-state index is 6.48. The van der Waals surface area contributed by atoms with Crippen LogP contribution in [0, 0.1) is 0 Å². The lowest BCUT2D eigenvalue weighted by Crippen LogP contribution is -2.11. The van der Waals surface area contributed by atoms with Crippen LogP contribution in [-0.4, -0.2) is 9.55 Å². The van der Waals surface area contributed by atoms with Crippen molar-refractivity contribution in [2.24, 2.45) is 0 Å². The van der Waals surface area contributed by atoms with Gasteiger partial charge in [0.1, 0.15) is 5.52 Å². The molecule has 2 aromatic heterocycles. The number of oxazole rings is 1. The predicted molar refractivity (Wildman–Crippen MR) is 254 cm³/mol. The van der Waals surface area contributed by atoms with E-state index in [2.05, 4.69) is 198 Å². The van der Waals surface area contributed by atoms with Gasteiger partial charge in [0, 0.05) is 44.3 Å². The molecule has 0 bridgehead atoms. The van der Waals surface area contributed by atoms with Crippen LogP contribution in [0.15, 0.2) is 229 Å². The molecule has 2 heterocycles. The van der Waals surface area contributed by atoms with E-state index < -0.39 is 0 Å². The minimum atomic E-state index is 0.618. The Balaban J connectivity index is 1.08. The normalized spacial score (nSPS) is 11.6. The SMILES string of the molecule is c1ccc(-c2nc3cccc(-c4ccc(N(c5cccc(-c6ccc7ccccc7c6)c5)c5cc6c(c7ccccc57)c5ccccc5n6-c5ccccc5)cc4)c3o2)cc1. The molecular weight excluding hydrogens is 743 g/mol. The number of fused-ring (bicyclic) bond motifs is 7. The lowest BCUT2D eigenvalue weighted by Gasteiger charge is -2.28. The molecule has 61 heavy (non-hydrogen) atoms. The fourth-order valence-electron chi connectivity index (χ4n) is 9.14. The van der Waals surface area contributed by atoms with Crippen LogP contribution in [-0.2, 0) is 0 Å². The number of nitrogens with zero attached hydrogens (tertiary/aromatic N) is 3. The number of benzene rings is 10. The minimum absolute atomic E-state index is 0.618. The van der Waals surface area contributed by atoms with Gasteiger partial charge in [-0.05, 0) is 106 Å². The summed E-state index contributed by atoms with van der Waals surface area (Å²) in [5.74, 6) is 0.618. The van der Waals surface area contributed by atoms with Gasteiger partial charge >= 0.3 is 0 Å². The monoisotopic (exact) mass is 779 g/mol. The molecule has 286 valence electrons. The molecule has 0 aliphatic carbocycles. The number of hydrogen-bond acceptors (Lipinski definition) is 3. The fraction of sp³-hybridized carbons (Fsp3) is 0. The van der Waals surface area contributed by atoms with Crippen molar-refractivity contribution in [1.29, 1.82) is 0 Å². The average molecular weight is 780 g/mol. The van der Waals surface area contributed by atoms with E-state index in [1.807, 2.05) is 36.4 Å². The third-order valence-electron chi connectivity index (χ3n) is 12.0. The quantitative estimate of drug-likeness (QED) is 0.162. The Morgan fingerprint density at radius 2 is 1.07 bits per heavy atom. The van der Waals surface area contributed by atoms with Crippen LogP contribution in [0.1, 0.15) is 0 Å². The van der Waals surface area contributed by atoms with Crippen LogP contribution in [0.3, 0.4) is 0 Å². The molecule has 0 aliphatic rings. The molecule has 0 aliphatic heterocycles. The molecule has 0 atom stereocenters. The van der Waals surface area contributed by atoms with Gasteiger partial charge in [0.15, 0.2) is 5.58 Å². The highest BCUT2D eigenvalue weighted by atomic mass is 16.3. The summed E-state index contributed by atoms with van der Waals surface area (Å²) in [5, 5.41) is 7.31. The van der Waals surface area contributed by atoms with Crippen molar-refractivity contribution in [2.75, 3.05) is 4.90 Å². The van der Waals surface area contributed by atoms with E-state index in [1.165, 1.54) is 43.4 Å². The molecule has 12 rings (SSSR count). The predicted octanol–water partition coefficient (Wildman–Crippen LogP) is 15.7. The van der Waals surface area contributed by atoms with E-state index >= 15 is 0 Å². The van der Waals surface area contributed by atoms with Crippen molar-refractivity contribution in [2.45, 2.75) is 0 Å². The Hall–Kier alpha value is -8.21. The third kappa shape index (κ3) is 5.88. The van der Waals surface area contributed by atoms with Gasteiger partial charge in [-0.25, -0.2) is 4.98 Å². The van der Waals surface area contributed by atoms with E-state index in [-0.39, 0.29) is 0 Å². The second-order valence-electron chi connectivity index (χ2n) is 15.6. The van der Waals surface area contributed by atoms with Gasteiger partial charge in [-0.3, -0.25) is 0 Å². The van der Waals surface area contributed by atoms with Crippen molar-refractivity contribution >= 4 is 71.5 Å². The van der Waals surface area contributed by atoms with Gasteiger partial charge in [-0.1, -0.05) is 152 Å². The molecular formula is C57H37N3O. The van der Waals surface area contributed by atoms with Crippen LogP contribution in [0.4, 0.5) is 17.1 Å². The second-order valence-corrected chi connectivity index (χ2v) is 15.6. The smallest absolute Gasteiger partial charge is 0.227 e. The zero-order valence-corrected chi connectivity index (χ0v) is 33.1. The van der Waals surface area contributed by atoms with E-state index in [0.29, 0.717) is 5.89 Å². The summed E-state index contributed by atoms with van der Waals surface area (Å²) in [6, 6.07) is 80.1. The zero-order valence-electron chi connectivity index (χ0n) is 33.1. The van der Waals surface area contributed by atoms with Crippen LogP contribution in [0.5, 0.6) is 0 Å². The van der Waals surface area contributed by atoms with Crippen molar-refractivity contribution in [3.05, 3.63) is 224 Å². The molecule has 12 aromatic rings. The van der Waals surface area contributed by atoms with Crippen LogP contribution in [0.2, 0.25) is 0 Å². The maximum atomic E-state index is 6.48. The Morgan fingerprint density at radius 1 is 0.410 bits per heavy atom. The highest BCUT2D eigenvalue weighted by molar-refractivity contribution is 6.24. The molecule has 4 heteroatoms. The van der Waals surface area contributed by atoms with Crippen LogP contribution < -0.4 is 4.90 Å². The van der Waals surface area contributed by atoms with E-state index in [9.17, 15) is 0 Å². The highest BCUT2D eigenvalue weighted by Crippen LogP contribution is 2.46. The molecule has 0 radical (unpaired) electrons. The summed E-state index contributed by atoms with van der Waals surface area (Å²) in [4.78, 5) is 7.29. The minimum Gasteiger partial charge on any atom is -0.435 e. The molecule has 0 saturated heterocycles. The Bertz CT molecular complexity index is 3590. The number of para-hydroxylation sites is 3. The van der Waals surface area contributed by atoms with E-state index in [0.717, 1.165) is 61.6 Å². The number of aromatic nitrogens is 2. The Kier molecular flexibility index (Phi) is 8.13. The first-order valence-electron chi connectivity index (χ1n) is 20.7. The van der Waals surface area contributed by atoms with Gasteiger partial charge in [0.05, 0.1) is 16.7 Å². The summed E-state index contributed by atoms with van der Waals surface area (Å²) in [5.41, 5.74) is 13.6. The molecule has 0 N–H and O–H groups in total. The molecule has 0 amide bonds. The molecule has 0 fully saturated rings. The fourth-order valence-corrected chi connectivity index (χ4v) is 9.14. The molecule has 10 aromatic carbocycles. The Morgan fingerprint density at radius 3 is 1.90 bits per heavy atom. The first-order chi connectivity index (χ1) is 30.2. The molecule has 4 nitrogen and oxygen atoms in total. The highest BCUT2D eigenvalue weighted by Gasteiger charge is 2.23. The average Bonchev–Trinajstić information content (AvgIpc) is 3.93. The summed E-state index contributed by atoms with van der Waals surface area (Å²) in [7, 11) is 0. The van der Waals surface area contributed by atoms with Gasteiger partial charge in [-0.2, -0.15) is 0 Å². The van der Waals surface area contributed by atoms with Crippen molar-refractivity contribution in [1.82, 2.24) is 9.55 Å². The lowest BCUT2D eigenvalue weighted by atomic mass is 9.98. The number of hydrogen-bond donors (Lipinski definition) is 0. The lowest BCUT2D eigenvalue weighted by molar-refractivity contribution is 0.621. The molecule has 0 spiro atoms. The molecule has 0 unspecified atom stereocenters. The van der Waals surface area contributed by atoms with E-state index in [1.54, 1.807) is 0 Å². The topological polar surface area (TPSA) is 34.2 Å². The maximum Gasteiger partial charge on any atom is 0.227 e. The molecule has 0 saturated carbocycles. The van der Waals surface area contributed by atoms with Gasteiger partial charge < -0.3 is 13.9 Å². The van der Waals surface area contributed by atoms with Crippen LogP contribution in [0.25, 0.3) is 93.8 Å². The van der Waals surface area contributed by atoms with Gasteiger partial charge in [-0.15, -0.1) is 0 Å². The number of rotatable bonds is 7. The van der Waals surface area contributed by atoms with Crippen LogP contribution >= 0.6 is 0 Å². The zero-order chi connectivity index (χ0) is 40.3. The summed E-state index contributed by atoms with van der Waals surface area (Å²) in [6.45, 7) is 0. The summed E-state index contributed by atoms with van der Waals surface area (Å²) < 4.78 is 8.89. The van der Waals surface area contributed by atoms with Gasteiger partial charge in [0.2, 0.25) is 5.89 Å².